The highest BCUT2D eigenvalue weighted by atomic mass is 16.5. The Morgan fingerprint density at radius 2 is 2.12 bits per heavy atom. The zero-order chi connectivity index (χ0) is 12.0. The molecule has 0 aliphatic heterocycles. The van der Waals surface area contributed by atoms with Gasteiger partial charge in [0.25, 0.3) is 0 Å². The molecular weight excluding hydrogens is 202 g/mol. The SMILES string of the molecule is COC(=O)CCCNCC(C)(C)C1CCC1. The molecule has 0 amide bonds. The van der Waals surface area contributed by atoms with Crippen LogP contribution in [0.25, 0.3) is 0 Å². The Labute approximate surface area is 98.9 Å². The third-order valence-corrected chi connectivity index (χ3v) is 3.75. The lowest BCUT2D eigenvalue weighted by molar-refractivity contribution is -0.140. The van der Waals surface area contributed by atoms with E-state index in [2.05, 4.69) is 23.9 Å². The topological polar surface area (TPSA) is 38.3 Å². The van der Waals surface area contributed by atoms with E-state index >= 15 is 0 Å². The molecule has 1 aliphatic rings. The van der Waals surface area contributed by atoms with Gasteiger partial charge in [0, 0.05) is 13.0 Å². The Kier molecular flexibility index (Phi) is 5.26. The zero-order valence-corrected chi connectivity index (χ0v) is 10.8. The number of esters is 1. The van der Waals surface area contributed by atoms with Crippen molar-refractivity contribution in [2.24, 2.45) is 11.3 Å². The number of ether oxygens (including phenoxy) is 1. The van der Waals surface area contributed by atoms with E-state index in [-0.39, 0.29) is 5.97 Å². The van der Waals surface area contributed by atoms with E-state index in [9.17, 15) is 4.79 Å². The summed E-state index contributed by atoms with van der Waals surface area (Å²) >= 11 is 0. The van der Waals surface area contributed by atoms with Crippen LogP contribution >= 0.6 is 0 Å². The second-order valence-electron chi connectivity index (χ2n) is 5.47. The highest BCUT2D eigenvalue weighted by Gasteiger charge is 2.33. The van der Waals surface area contributed by atoms with Gasteiger partial charge in [-0.15, -0.1) is 0 Å². The van der Waals surface area contributed by atoms with Crippen molar-refractivity contribution in [1.29, 1.82) is 0 Å². The third kappa shape index (κ3) is 4.12. The molecule has 0 aromatic rings. The van der Waals surface area contributed by atoms with Crippen LogP contribution in [0.3, 0.4) is 0 Å². The summed E-state index contributed by atoms with van der Waals surface area (Å²) in [4.78, 5) is 10.9. The fourth-order valence-electron chi connectivity index (χ4n) is 2.20. The molecule has 94 valence electrons. The van der Waals surface area contributed by atoms with E-state index < -0.39 is 0 Å². The molecule has 0 aromatic carbocycles. The molecule has 0 unspecified atom stereocenters. The monoisotopic (exact) mass is 227 g/mol. The van der Waals surface area contributed by atoms with E-state index in [1.807, 2.05) is 0 Å². The van der Waals surface area contributed by atoms with E-state index in [0.717, 1.165) is 25.4 Å². The minimum absolute atomic E-state index is 0.111. The average molecular weight is 227 g/mol. The van der Waals surface area contributed by atoms with Gasteiger partial charge in [-0.1, -0.05) is 20.3 Å². The van der Waals surface area contributed by atoms with Gasteiger partial charge in [0.15, 0.2) is 0 Å². The van der Waals surface area contributed by atoms with Gasteiger partial charge in [-0.25, -0.2) is 0 Å². The normalized spacial score (nSPS) is 16.9. The van der Waals surface area contributed by atoms with Crippen LogP contribution in [0.2, 0.25) is 0 Å². The van der Waals surface area contributed by atoms with Crippen molar-refractivity contribution in [2.45, 2.75) is 46.0 Å². The van der Waals surface area contributed by atoms with Gasteiger partial charge in [0.05, 0.1) is 7.11 Å². The molecule has 3 nitrogen and oxygen atoms in total. The minimum Gasteiger partial charge on any atom is -0.469 e. The first-order chi connectivity index (χ1) is 7.56. The Morgan fingerprint density at radius 3 is 2.62 bits per heavy atom. The molecule has 0 heterocycles. The third-order valence-electron chi connectivity index (χ3n) is 3.75. The van der Waals surface area contributed by atoms with E-state index in [0.29, 0.717) is 11.8 Å². The van der Waals surface area contributed by atoms with Crippen molar-refractivity contribution < 1.29 is 9.53 Å². The maximum Gasteiger partial charge on any atom is 0.305 e. The number of hydrogen-bond donors (Lipinski definition) is 1. The van der Waals surface area contributed by atoms with Crippen LogP contribution in [0, 0.1) is 11.3 Å². The number of rotatable bonds is 7. The fraction of sp³-hybridized carbons (Fsp3) is 0.923. The molecule has 1 fully saturated rings. The summed E-state index contributed by atoms with van der Waals surface area (Å²) in [6, 6.07) is 0. The summed E-state index contributed by atoms with van der Waals surface area (Å²) in [7, 11) is 1.44. The lowest BCUT2D eigenvalue weighted by Crippen LogP contribution is -2.39. The van der Waals surface area contributed by atoms with E-state index in [1.165, 1.54) is 26.4 Å². The largest absolute Gasteiger partial charge is 0.469 e. The lowest BCUT2D eigenvalue weighted by atomic mass is 9.67. The maximum absolute atomic E-state index is 10.9. The van der Waals surface area contributed by atoms with Crippen molar-refractivity contribution >= 4 is 5.97 Å². The van der Waals surface area contributed by atoms with Gasteiger partial charge in [0.2, 0.25) is 0 Å². The second kappa shape index (κ2) is 6.24. The predicted molar refractivity (Wildman–Crippen MR) is 65.2 cm³/mol. The molecule has 0 saturated heterocycles. The number of carbonyl (C=O) groups excluding carboxylic acids is 1. The Hall–Kier alpha value is -0.570. The first-order valence-corrected chi connectivity index (χ1v) is 6.34. The standard InChI is InChI=1S/C13H25NO2/c1-13(2,11-6-4-7-11)10-14-9-5-8-12(15)16-3/h11,14H,4-10H2,1-3H3. The Balaban J connectivity index is 2.03. The lowest BCUT2D eigenvalue weighted by Gasteiger charge is -2.40. The molecule has 0 spiro atoms. The summed E-state index contributed by atoms with van der Waals surface area (Å²) in [5.41, 5.74) is 0.406. The quantitative estimate of drug-likeness (QED) is 0.536. The van der Waals surface area contributed by atoms with Crippen molar-refractivity contribution in [3.05, 3.63) is 0 Å². The van der Waals surface area contributed by atoms with Gasteiger partial charge in [-0.3, -0.25) is 4.79 Å². The van der Waals surface area contributed by atoms with Crippen LogP contribution in [-0.4, -0.2) is 26.2 Å². The van der Waals surface area contributed by atoms with Crippen LogP contribution in [-0.2, 0) is 9.53 Å². The number of hydrogen-bond acceptors (Lipinski definition) is 3. The van der Waals surface area contributed by atoms with Gasteiger partial charge in [0.1, 0.15) is 0 Å². The molecule has 1 saturated carbocycles. The van der Waals surface area contributed by atoms with Crippen LogP contribution < -0.4 is 5.32 Å². The van der Waals surface area contributed by atoms with Gasteiger partial charge >= 0.3 is 5.97 Å². The summed E-state index contributed by atoms with van der Waals surface area (Å²) in [6.07, 6.45) is 5.56. The molecule has 0 atom stereocenters. The first-order valence-electron chi connectivity index (χ1n) is 6.34. The Morgan fingerprint density at radius 1 is 1.44 bits per heavy atom. The molecule has 1 N–H and O–H groups in total. The van der Waals surface area contributed by atoms with Crippen molar-refractivity contribution in [2.75, 3.05) is 20.2 Å². The summed E-state index contributed by atoms with van der Waals surface area (Å²) in [5, 5.41) is 3.45. The first kappa shape index (κ1) is 13.5. The molecule has 3 heteroatoms. The molecule has 16 heavy (non-hydrogen) atoms. The van der Waals surface area contributed by atoms with Crippen LogP contribution in [0.4, 0.5) is 0 Å². The molecule has 0 aromatic heterocycles. The summed E-state index contributed by atoms with van der Waals surface area (Å²) in [6.45, 7) is 6.64. The zero-order valence-electron chi connectivity index (χ0n) is 10.8. The van der Waals surface area contributed by atoms with Gasteiger partial charge < -0.3 is 10.1 Å². The number of nitrogens with one attached hydrogen (secondary N) is 1. The molecule has 1 aliphatic carbocycles. The fourth-order valence-corrected chi connectivity index (χ4v) is 2.20. The molecule has 0 radical (unpaired) electrons. The van der Waals surface area contributed by atoms with Crippen LogP contribution in [0.1, 0.15) is 46.0 Å². The molecule has 0 bridgehead atoms. The van der Waals surface area contributed by atoms with Crippen LogP contribution in [0.15, 0.2) is 0 Å². The Bertz CT molecular complexity index is 222. The molecular formula is C13H25NO2. The van der Waals surface area contributed by atoms with Crippen molar-refractivity contribution in [3.8, 4) is 0 Å². The van der Waals surface area contributed by atoms with Crippen molar-refractivity contribution in [1.82, 2.24) is 5.32 Å². The summed E-state index contributed by atoms with van der Waals surface area (Å²) < 4.78 is 4.60. The van der Waals surface area contributed by atoms with Crippen molar-refractivity contribution in [3.63, 3.8) is 0 Å². The predicted octanol–water partition coefficient (Wildman–Crippen LogP) is 2.36. The van der Waals surface area contributed by atoms with E-state index in [1.54, 1.807) is 0 Å². The van der Waals surface area contributed by atoms with E-state index in [4.69, 9.17) is 0 Å². The average Bonchev–Trinajstić information content (AvgIpc) is 2.13. The second-order valence-corrected chi connectivity index (χ2v) is 5.47. The molecule has 1 rings (SSSR count). The minimum atomic E-state index is -0.111. The summed E-state index contributed by atoms with van der Waals surface area (Å²) in [5.74, 6) is 0.778. The highest BCUT2D eigenvalue weighted by molar-refractivity contribution is 5.69. The maximum atomic E-state index is 10.9. The van der Waals surface area contributed by atoms with Gasteiger partial charge in [-0.05, 0) is 37.1 Å². The number of carbonyl (C=O) groups is 1. The van der Waals surface area contributed by atoms with Gasteiger partial charge in [-0.2, -0.15) is 0 Å². The van der Waals surface area contributed by atoms with Crippen LogP contribution in [0.5, 0.6) is 0 Å². The smallest absolute Gasteiger partial charge is 0.305 e. The number of methoxy groups -OCH3 is 1. The highest BCUT2D eigenvalue weighted by Crippen LogP contribution is 2.41.